The summed E-state index contributed by atoms with van der Waals surface area (Å²) in [6, 6.07) is 18.0. The maximum absolute atomic E-state index is 13.8. The van der Waals surface area contributed by atoms with Gasteiger partial charge in [-0.1, -0.05) is 50.2 Å². The van der Waals surface area contributed by atoms with Gasteiger partial charge in [0.2, 0.25) is 0 Å². The third-order valence-corrected chi connectivity index (χ3v) is 6.20. The van der Waals surface area contributed by atoms with Gasteiger partial charge in [0.15, 0.2) is 0 Å². The Hall–Kier alpha value is -4.27. The average molecular weight is 524 g/mol. The highest BCUT2D eigenvalue weighted by molar-refractivity contribution is 6.10. The lowest BCUT2D eigenvalue weighted by atomic mass is 10.1. The summed E-state index contributed by atoms with van der Waals surface area (Å²) in [6.45, 7) is 6.32. The number of carbonyl (C=O) groups excluding carboxylic acids is 1. The lowest BCUT2D eigenvalue weighted by molar-refractivity contribution is -0.137. The number of nitrogens with one attached hydrogen (secondary N) is 2. The molecule has 1 atom stereocenters. The monoisotopic (exact) mass is 523 g/mol. The summed E-state index contributed by atoms with van der Waals surface area (Å²) < 4.78 is 42.0. The van der Waals surface area contributed by atoms with Gasteiger partial charge in [-0.25, -0.2) is 4.79 Å². The highest BCUT2D eigenvalue weighted by Gasteiger charge is 2.31. The van der Waals surface area contributed by atoms with E-state index in [-0.39, 0.29) is 17.2 Å². The molecule has 198 valence electrons. The van der Waals surface area contributed by atoms with Crippen molar-refractivity contribution in [2.45, 2.75) is 39.5 Å². The predicted molar refractivity (Wildman–Crippen MR) is 141 cm³/mol. The van der Waals surface area contributed by atoms with Gasteiger partial charge in [0.1, 0.15) is 5.69 Å². The van der Waals surface area contributed by atoms with E-state index in [1.54, 1.807) is 19.1 Å². The summed E-state index contributed by atoms with van der Waals surface area (Å²) in [5.74, 6) is -1.28. The molecule has 9 heteroatoms. The van der Waals surface area contributed by atoms with Crippen LogP contribution in [0.1, 0.15) is 58.8 Å². The number of alkyl halides is 3. The van der Waals surface area contributed by atoms with Crippen LogP contribution in [0.2, 0.25) is 0 Å². The number of carboxylic acid groups (broad SMARTS) is 1. The minimum Gasteiger partial charge on any atom is -0.478 e. The van der Waals surface area contributed by atoms with Crippen molar-refractivity contribution in [3.05, 3.63) is 95.2 Å². The van der Waals surface area contributed by atoms with Gasteiger partial charge < -0.3 is 20.3 Å². The van der Waals surface area contributed by atoms with E-state index in [9.17, 15) is 22.8 Å². The molecule has 1 heterocycles. The Bertz CT molecular complexity index is 1470. The van der Waals surface area contributed by atoms with E-state index in [4.69, 9.17) is 5.11 Å². The third kappa shape index (κ3) is 5.66. The lowest BCUT2D eigenvalue weighted by Gasteiger charge is -2.19. The normalized spacial score (nSPS) is 12.5. The van der Waals surface area contributed by atoms with Crippen LogP contribution in [-0.4, -0.2) is 21.6 Å². The summed E-state index contributed by atoms with van der Waals surface area (Å²) in [5, 5.41) is 15.9. The molecule has 0 bridgehead atoms. The molecule has 3 N–H and O–H groups in total. The summed E-state index contributed by atoms with van der Waals surface area (Å²) in [4.78, 5) is 24.9. The molecule has 0 spiro atoms. The maximum Gasteiger partial charge on any atom is 0.416 e. The first-order valence-electron chi connectivity index (χ1n) is 12.1. The summed E-state index contributed by atoms with van der Waals surface area (Å²) >= 11 is 0. The van der Waals surface area contributed by atoms with Crippen LogP contribution in [0.3, 0.4) is 0 Å². The summed E-state index contributed by atoms with van der Waals surface area (Å²) in [6.07, 6.45) is -4.50. The van der Waals surface area contributed by atoms with Gasteiger partial charge in [0.25, 0.3) is 5.91 Å². The first-order valence-corrected chi connectivity index (χ1v) is 12.1. The Kier molecular flexibility index (Phi) is 7.48. The number of hydrogen-bond donors (Lipinski definition) is 3. The van der Waals surface area contributed by atoms with Gasteiger partial charge in [-0.3, -0.25) is 4.79 Å². The second-order valence-electron chi connectivity index (χ2n) is 9.57. The van der Waals surface area contributed by atoms with Crippen molar-refractivity contribution in [3.8, 4) is 0 Å². The zero-order valence-electron chi connectivity index (χ0n) is 21.1. The molecule has 1 aromatic heterocycles. The molecule has 6 nitrogen and oxygen atoms in total. The van der Waals surface area contributed by atoms with Gasteiger partial charge in [-0.15, -0.1) is 0 Å². The van der Waals surface area contributed by atoms with E-state index in [1.165, 1.54) is 24.3 Å². The van der Waals surface area contributed by atoms with E-state index < -0.39 is 29.7 Å². The first kappa shape index (κ1) is 26.8. The van der Waals surface area contributed by atoms with Crippen molar-refractivity contribution in [3.63, 3.8) is 0 Å². The van der Waals surface area contributed by atoms with E-state index >= 15 is 0 Å². The lowest BCUT2D eigenvalue weighted by Crippen LogP contribution is -2.29. The minimum absolute atomic E-state index is 0.136. The number of carbonyl (C=O) groups is 2. The predicted octanol–water partition coefficient (Wildman–Crippen LogP) is 7.25. The van der Waals surface area contributed by atoms with Crippen molar-refractivity contribution in [1.82, 2.24) is 9.88 Å². The van der Waals surface area contributed by atoms with Crippen LogP contribution in [0.25, 0.3) is 10.9 Å². The molecule has 0 fully saturated rings. The van der Waals surface area contributed by atoms with Gasteiger partial charge in [-0.05, 0) is 54.8 Å². The molecule has 0 saturated carbocycles. The number of para-hydroxylation sites is 1. The molecule has 0 unspecified atom stereocenters. The van der Waals surface area contributed by atoms with Crippen LogP contribution in [0.4, 0.5) is 24.5 Å². The van der Waals surface area contributed by atoms with Crippen molar-refractivity contribution in [2.75, 3.05) is 5.32 Å². The Balaban J connectivity index is 1.77. The van der Waals surface area contributed by atoms with E-state index in [2.05, 4.69) is 10.6 Å². The molecule has 0 aliphatic rings. The van der Waals surface area contributed by atoms with Crippen LogP contribution in [0.15, 0.2) is 72.8 Å². The fraction of sp³-hybridized carbons (Fsp3) is 0.241. The molecule has 1 amide bonds. The summed E-state index contributed by atoms with van der Waals surface area (Å²) in [7, 11) is 0. The molecule has 0 radical (unpaired) electrons. The van der Waals surface area contributed by atoms with E-state index in [0.29, 0.717) is 28.9 Å². The zero-order valence-corrected chi connectivity index (χ0v) is 21.1. The van der Waals surface area contributed by atoms with Crippen molar-refractivity contribution < 1.29 is 27.9 Å². The number of anilines is 2. The van der Waals surface area contributed by atoms with Crippen molar-refractivity contribution in [1.29, 1.82) is 0 Å². The smallest absolute Gasteiger partial charge is 0.416 e. The van der Waals surface area contributed by atoms with Crippen LogP contribution in [0, 0.1) is 5.92 Å². The van der Waals surface area contributed by atoms with E-state index in [0.717, 1.165) is 17.6 Å². The zero-order chi connectivity index (χ0) is 27.6. The molecular formula is C29H28F3N3O3. The first-order chi connectivity index (χ1) is 18.0. The minimum atomic E-state index is -4.50. The van der Waals surface area contributed by atoms with Crippen molar-refractivity contribution >= 4 is 34.2 Å². The van der Waals surface area contributed by atoms with Gasteiger partial charge in [-0.2, -0.15) is 13.2 Å². The van der Waals surface area contributed by atoms with Crippen LogP contribution in [0.5, 0.6) is 0 Å². The number of nitrogens with zero attached hydrogens (tertiary/aromatic N) is 1. The van der Waals surface area contributed by atoms with Crippen LogP contribution >= 0.6 is 0 Å². The highest BCUT2D eigenvalue weighted by atomic mass is 19.4. The largest absolute Gasteiger partial charge is 0.478 e. The molecule has 0 saturated heterocycles. The number of fused-ring (bicyclic) bond motifs is 1. The molecule has 3 aromatic carbocycles. The molecule has 0 aliphatic carbocycles. The number of benzene rings is 3. The third-order valence-electron chi connectivity index (χ3n) is 6.20. The topological polar surface area (TPSA) is 83.4 Å². The number of hydrogen-bond acceptors (Lipinski definition) is 3. The Morgan fingerprint density at radius 3 is 2.26 bits per heavy atom. The number of aromatic carboxylic acids is 1. The molecular weight excluding hydrogens is 495 g/mol. The second kappa shape index (κ2) is 10.6. The number of halogens is 3. The summed E-state index contributed by atoms with van der Waals surface area (Å²) in [5.41, 5.74) is 1.74. The maximum atomic E-state index is 13.8. The second-order valence-corrected chi connectivity index (χ2v) is 9.57. The van der Waals surface area contributed by atoms with Gasteiger partial charge >= 0.3 is 12.1 Å². The van der Waals surface area contributed by atoms with E-state index in [1.807, 2.05) is 42.7 Å². The molecule has 38 heavy (non-hydrogen) atoms. The molecule has 4 rings (SSSR count). The number of amides is 1. The molecule has 4 aromatic rings. The van der Waals surface area contributed by atoms with Crippen LogP contribution < -0.4 is 10.6 Å². The van der Waals surface area contributed by atoms with Crippen LogP contribution in [-0.2, 0) is 12.7 Å². The Labute approximate surface area is 218 Å². The van der Waals surface area contributed by atoms with Gasteiger partial charge in [0.05, 0.1) is 28.4 Å². The Morgan fingerprint density at radius 1 is 0.947 bits per heavy atom. The van der Waals surface area contributed by atoms with Gasteiger partial charge in [0, 0.05) is 17.6 Å². The number of carboxylic acids is 1. The fourth-order valence-corrected chi connectivity index (χ4v) is 4.40. The number of aromatic nitrogens is 1. The standard InChI is InChI=1S/C29H28F3N3O3/c1-17(2)16-35-24-10-5-4-9-23(24)25(34-22-8-6-7-21(15-22)29(30,31)32)26(35)27(36)33-18(3)19-11-13-20(14-12-19)28(37)38/h4-15,17-18,34H,16H2,1-3H3,(H,33,36)(H,37,38)/t18-/m0/s1. The Morgan fingerprint density at radius 2 is 1.63 bits per heavy atom. The fourth-order valence-electron chi connectivity index (χ4n) is 4.40. The number of rotatable bonds is 8. The average Bonchev–Trinajstić information content (AvgIpc) is 3.16. The SMILES string of the molecule is CC(C)Cn1c(C(=O)N[C@@H](C)c2ccc(C(=O)O)cc2)c(Nc2cccc(C(F)(F)F)c2)c2ccccc21. The quantitative estimate of drug-likeness (QED) is 0.227. The van der Waals surface area contributed by atoms with Crippen molar-refractivity contribution in [2.24, 2.45) is 5.92 Å². The highest BCUT2D eigenvalue weighted by Crippen LogP contribution is 2.36. The molecule has 0 aliphatic heterocycles.